The van der Waals surface area contributed by atoms with Crippen molar-refractivity contribution in [2.45, 2.75) is 6.42 Å². The molecule has 0 spiro atoms. The van der Waals surface area contributed by atoms with E-state index in [9.17, 15) is 13.2 Å². The first-order valence-electron chi connectivity index (χ1n) is 5.67. The van der Waals surface area contributed by atoms with Crippen molar-refractivity contribution >= 4 is 5.69 Å². The second-order valence-corrected chi connectivity index (χ2v) is 4.29. The van der Waals surface area contributed by atoms with E-state index < -0.39 is 17.5 Å². The van der Waals surface area contributed by atoms with Gasteiger partial charge in [-0.05, 0) is 23.6 Å². The van der Waals surface area contributed by atoms with Gasteiger partial charge in [0.15, 0.2) is 0 Å². The summed E-state index contributed by atoms with van der Waals surface area (Å²) in [6, 6.07) is 6.58. The van der Waals surface area contributed by atoms with Crippen LogP contribution in [0.4, 0.5) is 18.9 Å². The number of rotatable bonds is 1. The van der Waals surface area contributed by atoms with Crippen LogP contribution in [0.5, 0.6) is 0 Å². The molecule has 0 saturated heterocycles. The smallest absolute Gasteiger partial charge is 0.136 e. The van der Waals surface area contributed by atoms with E-state index in [0.717, 1.165) is 24.2 Å². The highest BCUT2D eigenvalue weighted by atomic mass is 19.1. The van der Waals surface area contributed by atoms with Gasteiger partial charge in [-0.25, -0.2) is 13.2 Å². The second kappa shape index (κ2) is 4.05. The quantitative estimate of drug-likeness (QED) is 0.811. The fourth-order valence-electron chi connectivity index (χ4n) is 2.26. The van der Waals surface area contributed by atoms with E-state index in [2.05, 4.69) is 5.32 Å². The largest absolute Gasteiger partial charge is 0.384 e. The van der Waals surface area contributed by atoms with Crippen LogP contribution in [0.2, 0.25) is 0 Å². The normalized spacial score (nSPS) is 13.3. The Bertz CT molecular complexity index is 599. The maximum absolute atomic E-state index is 13.6. The fourth-order valence-corrected chi connectivity index (χ4v) is 2.26. The third-order valence-corrected chi connectivity index (χ3v) is 3.12. The predicted molar refractivity (Wildman–Crippen MR) is 63.9 cm³/mol. The lowest BCUT2D eigenvalue weighted by molar-refractivity contribution is 0.548. The summed E-state index contributed by atoms with van der Waals surface area (Å²) in [6.07, 6.45) is 0.907. The third-order valence-electron chi connectivity index (χ3n) is 3.12. The van der Waals surface area contributed by atoms with E-state index in [4.69, 9.17) is 0 Å². The maximum atomic E-state index is 13.6. The molecule has 1 heterocycles. The first-order valence-corrected chi connectivity index (χ1v) is 5.67. The molecule has 0 aliphatic carbocycles. The Kier molecular flexibility index (Phi) is 2.51. The summed E-state index contributed by atoms with van der Waals surface area (Å²) >= 11 is 0. The summed E-state index contributed by atoms with van der Waals surface area (Å²) in [6.45, 7) is 0.827. The predicted octanol–water partition coefficient (Wildman–Crippen LogP) is 3.74. The number of hydrogen-bond acceptors (Lipinski definition) is 1. The van der Waals surface area contributed by atoms with Crippen molar-refractivity contribution in [2.24, 2.45) is 0 Å². The Hall–Kier alpha value is -1.97. The van der Waals surface area contributed by atoms with E-state index in [1.54, 1.807) is 12.1 Å². The van der Waals surface area contributed by atoms with Crippen LogP contribution in [0, 0.1) is 17.5 Å². The Morgan fingerprint density at radius 1 is 0.944 bits per heavy atom. The average molecular weight is 249 g/mol. The van der Waals surface area contributed by atoms with Gasteiger partial charge in [-0.2, -0.15) is 0 Å². The minimum atomic E-state index is -0.909. The van der Waals surface area contributed by atoms with Crippen molar-refractivity contribution in [2.75, 3.05) is 11.9 Å². The minimum absolute atomic E-state index is 0.187. The average Bonchev–Trinajstić information content (AvgIpc) is 2.74. The lowest BCUT2D eigenvalue weighted by Crippen LogP contribution is -1.94. The van der Waals surface area contributed by atoms with Crippen LogP contribution in [0.25, 0.3) is 11.1 Å². The number of hydrogen-bond donors (Lipinski definition) is 1. The Morgan fingerprint density at radius 3 is 2.39 bits per heavy atom. The molecule has 1 aliphatic rings. The first-order chi connectivity index (χ1) is 8.65. The molecule has 0 amide bonds. The second-order valence-electron chi connectivity index (χ2n) is 4.29. The van der Waals surface area contributed by atoms with E-state index >= 15 is 0 Å². The number of anilines is 1. The molecule has 0 atom stereocenters. The summed E-state index contributed by atoms with van der Waals surface area (Å²) in [7, 11) is 0. The van der Waals surface area contributed by atoms with E-state index in [1.165, 1.54) is 0 Å². The van der Waals surface area contributed by atoms with Gasteiger partial charge in [-0.15, -0.1) is 0 Å². The van der Waals surface area contributed by atoms with Crippen LogP contribution < -0.4 is 5.32 Å². The minimum Gasteiger partial charge on any atom is -0.384 e. The first kappa shape index (κ1) is 11.1. The van der Waals surface area contributed by atoms with Gasteiger partial charge in [0, 0.05) is 24.4 Å². The molecule has 18 heavy (non-hydrogen) atoms. The highest BCUT2D eigenvalue weighted by Crippen LogP contribution is 2.32. The number of fused-ring (bicyclic) bond motifs is 1. The zero-order valence-corrected chi connectivity index (χ0v) is 9.43. The molecule has 0 aromatic heterocycles. The van der Waals surface area contributed by atoms with Crippen molar-refractivity contribution in [3.8, 4) is 11.1 Å². The van der Waals surface area contributed by atoms with Gasteiger partial charge in [-0.3, -0.25) is 0 Å². The molecule has 1 nitrogen and oxygen atoms in total. The van der Waals surface area contributed by atoms with Gasteiger partial charge in [0.2, 0.25) is 0 Å². The van der Waals surface area contributed by atoms with Crippen molar-refractivity contribution < 1.29 is 13.2 Å². The van der Waals surface area contributed by atoms with Crippen LogP contribution in [0.15, 0.2) is 30.3 Å². The standard InChI is InChI=1S/C14H10F3N/c15-10-6-11(16)14(12(17)7-10)9-2-1-8-3-4-18-13(8)5-9/h1-2,5-7,18H,3-4H2. The highest BCUT2D eigenvalue weighted by Gasteiger charge is 2.16. The topological polar surface area (TPSA) is 12.0 Å². The van der Waals surface area contributed by atoms with Gasteiger partial charge < -0.3 is 5.32 Å². The zero-order valence-electron chi connectivity index (χ0n) is 9.43. The SMILES string of the molecule is Fc1cc(F)c(-c2ccc3c(c2)NCC3)c(F)c1. The molecule has 1 aliphatic heterocycles. The van der Waals surface area contributed by atoms with Crippen LogP contribution in [-0.2, 0) is 6.42 Å². The monoisotopic (exact) mass is 249 g/mol. The molecule has 0 radical (unpaired) electrons. The molecule has 0 unspecified atom stereocenters. The molecule has 0 bridgehead atoms. The summed E-state index contributed by atoms with van der Waals surface area (Å²) in [5.74, 6) is -2.68. The Balaban J connectivity index is 2.16. The van der Waals surface area contributed by atoms with E-state index in [0.29, 0.717) is 17.7 Å². The maximum Gasteiger partial charge on any atom is 0.136 e. The number of benzene rings is 2. The molecule has 0 saturated carbocycles. The molecule has 0 fully saturated rings. The summed E-state index contributed by atoms with van der Waals surface area (Å²) in [5, 5.41) is 3.14. The molecular weight excluding hydrogens is 239 g/mol. The fraction of sp³-hybridized carbons (Fsp3) is 0.143. The Morgan fingerprint density at radius 2 is 1.67 bits per heavy atom. The van der Waals surface area contributed by atoms with Crippen molar-refractivity contribution in [3.05, 3.63) is 53.3 Å². The Labute approximate surface area is 102 Å². The molecule has 92 valence electrons. The summed E-state index contributed by atoms with van der Waals surface area (Å²) in [4.78, 5) is 0. The summed E-state index contributed by atoms with van der Waals surface area (Å²) in [5.41, 5.74) is 2.24. The van der Waals surface area contributed by atoms with Crippen LogP contribution in [0.3, 0.4) is 0 Å². The molecular formula is C14H10F3N. The molecule has 4 heteroatoms. The van der Waals surface area contributed by atoms with Gasteiger partial charge in [0.1, 0.15) is 17.5 Å². The highest BCUT2D eigenvalue weighted by molar-refractivity contribution is 5.72. The van der Waals surface area contributed by atoms with E-state index in [-0.39, 0.29) is 5.56 Å². The number of halogens is 3. The number of nitrogens with one attached hydrogen (secondary N) is 1. The van der Waals surface area contributed by atoms with Crippen molar-refractivity contribution in [1.82, 2.24) is 0 Å². The molecule has 2 aromatic rings. The molecule has 1 N–H and O–H groups in total. The molecule has 3 rings (SSSR count). The molecule has 2 aromatic carbocycles. The lowest BCUT2D eigenvalue weighted by Gasteiger charge is -2.08. The van der Waals surface area contributed by atoms with Crippen LogP contribution in [-0.4, -0.2) is 6.54 Å². The van der Waals surface area contributed by atoms with Crippen molar-refractivity contribution in [1.29, 1.82) is 0 Å². The lowest BCUT2D eigenvalue weighted by atomic mass is 10.0. The van der Waals surface area contributed by atoms with Gasteiger partial charge in [-0.1, -0.05) is 12.1 Å². The van der Waals surface area contributed by atoms with Crippen LogP contribution in [0.1, 0.15) is 5.56 Å². The zero-order chi connectivity index (χ0) is 12.7. The third kappa shape index (κ3) is 1.74. The van der Waals surface area contributed by atoms with Crippen LogP contribution >= 0.6 is 0 Å². The summed E-state index contributed by atoms with van der Waals surface area (Å²) < 4.78 is 40.1. The van der Waals surface area contributed by atoms with Gasteiger partial charge in [0.05, 0.1) is 5.56 Å². The van der Waals surface area contributed by atoms with Gasteiger partial charge in [0.25, 0.3) is 0 Å². The van der Waals surface area contributed by atoms with E-state index in [1.807, 2.05) is 6.07 Å². The van der Waals surface area contributed by atoms with Crippen molar-refractivity contribution in [3.63, 3.8) is 0 Å². The van der Waals surface area contributed by atoms with Gasteiger partial charge >= 0.3 is 0 Å².